The average Bonchev–Trinajstić information content (AvgIpc) is 2.88. The maximum Gasteiger partial charge on any atom is 0.344 e. The molecule has 0 bridgehead atoms. The van der Waals surface area contributed by atoms with Gasteiger partial charge in [0.05, 0.1) is 10.6 Å². The monoisotopic (exact) mass is 401 g/mol. The van der Waals surface area contributed by atoms with Crippen molar-refractivity contribution in [3.05, 3.63) is 63.8 Å². The molecule has 0 amide bonds. The molecule has 1 heterocycles. The molecular formula is C21H20ClNO5. The van der Waals surface area contributed by atoms with Gasteiger partial charge in [-0.3, -0.25) is 0 Å². The number of hydrogen-bond donors (Lipinski definition) is 2. The van der Waals surface area contributed by atoms with E-state index in [2.05, 4.69) is 4.57 Å². The molecule has 28 heavy (non-hydrogen) atoms. The Kier molecular flexibility index (Phi) is 5.34. The van der Waals surface area contributed by atoms with Gasteiger partial charge < -0.3 is 19.5 Å². The highest BCUT2D eigenvalue weighted by atomic mass is 35.5. The zero-order chi connectivity index (χ0) is 20.6. The number of carboxylic acid groups (broad SMARTS) is 2. The van der Waals surface area contributed by atoms with Crippen LogP contribution in [0.15, 0.2) is 36.4 Å². The molecule has 6 nitrogen and oxygen atoms in total. The normalized spacial score (nSPS) is 12.1. The molecule has 0 fully saturated rings. The Labute approximate surface area is 166 Å². The second-order valence-electron chi connectivity index (χ2n) is 6.70. The molecule has 0 radical (unpaired) electrons. The number of aromatic nitrogens is 1. The first kappa shape index (κ1) is 19.8. The van der Waals surface area contributed by atoms with E-state index in [0.29, 0.717) is 17.3 Å². The molecule has 146 valence electrons. The Hall–Kier alpha value is -2.99. The van der Waals surface area contributed by atoms with Gasteiger partial charge in [0.2, 0.25) is 0 Å². The quantitative estimate of drug-likeness (QED) is 0.634. The lowest BCUT2D eigenvalue weighted by atomic mass is 10.1. The molecule has 0 saturated carbocycles. The van der Waals surface area contributed by atoms with Gasteiger partial charge in [0.15, 0.2) is 6.10 Å². The number of nitrogens with zero attached hydrogens (tertiary/aromatic N) is 1. The summed E-state index contributed by atoms with van der Waals surface area (Å²) >= 11 is 6.15. The summed E-state index contributed by atoms with van der Waals surface area (Å²) in [7, 11) is 0. The van der Waals surface area contributed by atoms with Crippen LogP contribution in [0.2, 0.25) is 5.02 Å². The number of aliphatic carboxylic acids is 1. The summed E-state index contributed by atoms with van der Waals surface area (Å²) in [5, 5.41) is 19.5. The summed E-state index contributed by atoms with van der Waals surface area (Å²) in [6.07, 6.45) is -1.02. The zero-order valence-corrected chi connectivity index (χ0v) is 16.4. The fourth-order valence-corrected chi connectivity index (χ4v) is 3.31. The van der Waals surface area contributed by atoms with Gasteiger partial charge in [0.25, 0.3) is 0 Å². The Bertz CT molecular complexity index is 1090. The minimum absolute atomic E-state index is 0.248. The highest BCUT2D eigenvalue weighted by molar-refractivity contribution is 6.32. The largest absolute Gasteiger partial charge is 0.479 e. The zero-order valence-electron chi connectivity index (χ0n) is 15.7. The van der Waals surface area contributed by atoms with Crippen LogP contribution in [-0.4, -0.2) is 32.8 Å². The minimum Gasteiger partial charge on any atom is -0.479 e. The number of halogens is 1. The van der Waals surface area contributed by atoms with Crippen molar-refractivity contribution < 1.29 is 24.5 Å². The lowest BCUT2D eigenvalue weighted by molar-refractivity contribution is -0.144. The third kappa shape index (κ3) is 3.68. The van der Waals surface area contributed by atoms with Gasteiger partial charge >= 0.3 is 11.9 Å². The highest BCUT2D eigenvalue weighted by Crippen LogP contribution is 2.30. The molecule has 0 aliphatic rings. The van der Waals surface area contributed by atoms with Crippen molar-refractivity contribution in [2.75, 3.05) is 0 Å². The molecule has 2 N–H and O–H groups in total. The number of aryl methyl sites for hydroxylation is 1. The van der Waals surface area contributed by atoms with E-state index in [1.54, 1.807) is 30.3 Å². The second-order valence-corrected chi connectivity index (χ2v) is 7.10. The van der Waals surface area contributed by atoms with Gasteiger partial charge in [-0.05, 0) is 62.2 Å². The van der Waals surface area contributed by atoms with Crippen LogP contribution in [-0.2, 0) is 11.3 Å². The number of ether oxygens (including phenoxy) is 1. The van der Waals surface area contributed by atoms with E-state index >= 15 is 0 Å². The molecule has 0 unspecified atom stereocenters. The summed E-state index contributed by atoms with van der Waals surface area (Å²) in [5.74, 6) is -1.72. The van der Waals surface area contributed by atoms with Crippen molar-refractivity contribution in [2.45, 2.75) is 33.4 Å². The first-order valence-electron chi connectivity index (χ1n) is 8.69. The summed E-state index contributed by atoms with van der Waals surface area (Å²) in [6, 6.07) is 10.3. The first-order chi connectivity index (χ1) is 13.2. The molecule has 0 spiro atoms. The van der Waals surface area contributed by atoms with E-state index in [-0.39, 0.29) is 5.56 Å². The molecular weight excluding hydrogens is 382 g/mol. The van der Waals surface area contributed by atoms with Gasteiger partial charge in [-0.1, -0.05) is 17.7 Å². The summed E-state index contributed by atoms with van der Waals surface area (Å²) in [4.78, 5) is 22.3. The molecule has 1 aromatic heterocycles. The molecule has 0 aliphatic heterocycles. The SMILES string of the molecule is Cc1c(C)n(Cc2ccc(Cl)c(O[C@H](C)C(=O)O)c2)c2ccc(C(=O)O)cc12. The van der Waals surface area contributed by atoms with E-state index in [1.807, 2.05) is 19.9 Å². The van der Waals surface area contributed by atoms with Crippen molar-refractivity contribution >= 4 is 34.4 Å². The van der Waals surface area contributed by atoms with Gasteiger partial charge in [0.1, 0.15) is 5.75 Å². The molecule has 3 rings (SSSR count). The van der Waals surface area contributed by atoms with Crippen LogP contribution in [0.5, 0.6) is 5.75 Å². The summed E-state index contributed by atoms with van der Waals surface area (Å²) in [5.41, 5.74) is 4.10. The molecule has 0 saturated heterocycles. The van der Waals surface area contributed by atoms with E-state index in [0.717, 1.165) is 27.7 Å². The van der Waals surface area contributed by atoms with E-state index in [1.165, 1.54) is 6.92 Å². The molecule has 0 aliphatic carbocycles. The Morgan fingerprint density at radius 3 is 2.50 bits per heavy atom. The Morgan fingerprint density at radius 1 is 1.14 bits per heavy atom. The van der Waals surface area contributed by atoms with E-state index in [9.17, 15) is 14.7 Å². The maximum absolute atomic E-state index is 11.3. The van der Waals surface area contributed by atoms with Crippen molar-refractivity contribution in [1.29, 1.82) is 0 Å². The number of benzene rings is 2. The number of rotatable bonds is 6. The van der Waals surface area contributed by atoms with Crippen LogP contribution in [0.3, 0.4) is 0 Å². The van der Waals surface area contributed by atoms with Gasteiger partial charge in [0, 0.05) is 23.1 Å². The molecule has 2 aromatic carbocycles. The third-order valence-electron chi connectivity index (χ3n) is 4.87. The summed E-state index contributed by atoms with van der Waals surface area (Å²) < 4.78 is 7.53. The lowest BCUT2D eigenvalue weighted by Crippen LogP contribution is -2.23. The number of carbonyl (C=O) groups is 2. The van der Waals surface area contributed by atoms with Crippen LogP contribution in [0.1, 0.15) is 34.1 Å². The fraction of sp³-hybridized carbons (Fsp3) is 0.238. The van der Waals surface area contributed by atoms with Gasteiger partial charge in [-0.15, -0.1) is 0 Å². The van der Waals surface area contributed by atoms with Gasteiger partial charge in [-0.2, -0.15) is 0 Å². The Morgan fingerprint density at radius 2 is 1.86 bits per heavy atom. The second kappa shape index (κ2) is 7.56. The lowest BCUT2D eigenvalue weighted by Gasteiger charge is -2.14. The highest BCUT2D eigenvalue weighted by Gasteiger charge is 2.17. The van der Waals surface area contributed by atoms with E-state index in [4.69, 9.17) is 21.4 Å². The number of aromatic carboxylic acids is 1. The predicted molar refractivity (Wildman–Crippen MR) is 107 cm³/mol. The average molecular weight is 402 g/mol. The van der Waals surface area contributed by atoms with Crippen molar-refractivity contribution in [3.8, 4) is 5.75 Å². The van der Waals surface area contributed by atoms with E-state index < -0.39 is 18.0 Å². The number of fused-ring (bicyclic) bond motifs is 1. The van der Waals surface area contributed by atoms with Crippen molar-refractivity contribution in [3.63, 3.8) is 0 Å². The molecule has 3 aromatic rings. The standard InChI is InChI=1S/C21H20ClNO5/c1-11-12(2)23(18-7-5-15(21(26)27)9-16(11)18)10-14-4-6-17(22)19(8-14)28-13(3)20(24)25/h4-9,13H,10H2,1-3H3,(H,24,25)(H,26,27)/t13-/m1/s1. The van der Waals surface area contributed by atoms with Crippen LogP contribution in [0.4, 0.5) is 0 Å². The Balaban J connectivity index is 2.00. The van der Waals surface area contributed by atoms with Gasteiger partial charge in [-0.25, -0.2) is 9.59 Å². The fourth-order valence-electron chi connectivity index (χ4n) is 3.15. The smallest absolute Gasteiger partial charge is 0.344 e. The maximum atomic E-state index is 11.3. The number of hydrogen-bond acceptors (Lipinski definition) is 3. The molecule has 1 atom stereocenters. The summed E-state index contributed by atoms with van der Waals surface area (Å²) in [6.45, 7) is 5.90. The predicted octanol–water partition coefficient (Wildman–Crippen LogP) is 4.51. The molecule has 7 heteroatoms. The van der Waals surface area contributed by atoms with Crippen LogP contribution >= 0.6 is 11.6 Å². The van der Waals surface area contributed by atoms with Crippen LogP contribution in [0, 0.1) is 13.8 Å². The minimum atomic E-state index is -1.07. The topological polar surface area (TPSA) is 88.8 Å². The third-order valence-corrected chi connectivity index (χ3v) is 5.19. The first-order valence-corrected chi connectivity index (χ1v) is 9.07. The van der Waals surface area contributed by atoms with Crippen LogP contribution in [0.25, 0.3) is 10.9 Å². The van der Waals surface area contributed by atoms with Crippen molar-refractivity contribution in [2.24, 2.45) is 0 Å². The van der Waals surface area contributed by atoms with Crippen LogP contribution < -0.4 is 4.74 Å². The number of carboxylic acids is 2. The van der Waals surface area contributed by atoms with Crippen molar-refractivity contribution in [1.82, 2.24) is 4.57 Å².